The number of carbonyl (C=O) groups is 1. The van der Waals surface area contributed by atoms with Crippen LogP contribution >= 0.6 is 11.6 Å². The molecule has 0 radical (unpaired) electrons. The van der Waals surface area contributed by atoms with Gasteiger partial charge in [0.2, 0.25) is 0 Å². The van der Waals surface area contributed by atoms with Gasteiger partial charge in [0.1, 0.15) is 11.4 Å². The number of likely N-dealkylation sites (tertiary alicyclic amines) is 1. The lowest BCUT2D eigenvalue weighted by atomic mass is 9.95. The fourth-order valence-corrected chi connectivity index (χ4v) is 4.80. The van der Waals surface area contributed by atoms with E-state index in [1.54, 1.807) is 11.9 Å². The lowest BCUT2D eigenvalue weighted by Crippen LogP contribution is -2.39. The minimum atomic E-state index is -0.565. The summed E-state index contributed by atoms with van der Waals surface area (Å²) in [5, 5.41) is 16.1. The summed E-state index contributed by atoms with van der Waals surface area (Å²) in [6.45, 7) is 0.894. The van der Waals surface area contributed by atoms with Crippen LogP contribution in [0.4, 0.5) is 5.69 Å². The van der Waals surface area contributed by atoms with E-state index in [2.05, 4.69) is 5.10 Å². The molecule has 0 atom stereocenters. The third-order valence-electron chi connectivity index (χ3n) is 6.21. The molecule has 2 fully saturated rings. The van der Waals surface area contributed by atoms with Crippen molar-refractivity contribution >= 4 is 23.2 Å². The van der Waals surface area contributed by atoms with Crippen LogP contribution < -0.4 is 5.69 Å². The molecule has 2 aromatic rings. The molecule has 2 aliphatic rings. The Bertz CT molecular complexity index is 1030. The number of nitrogens with zero attached hydrogens (tertiary/aromatic N) is 5. The highest BCUT2D eigenvalue weighted by Crippen LogP contribution is 2.34. The van der Waals surface area contributed by atoms with Crippen LogP contribution in [0.25, 0.3) is 0 Å². The fourth-order valence-electron chi connectivity index (χ4n) is 4.63. The molecule has 1 saturated heterocycles. The number of aryl methyl sites for hydroxylation is 1. The summed E-state index contributed by atoms with van der Waals surface area (Å²) in [7, 11) is 1.67. The average molecular weight is 434 g/mol. The summed E-state index contributed by atoms with van der Waals surface area (Å²) in [6.07, 6.45) is 5.54. The van der Waals surface area contributed by atoms with Crippen LogP contribution in [0.2, 0.25) is 5.02 Å². The molecule has 0 unspecified atom stereocenters. The average Bonchev–Trinajstić information content (AvgIpc) is 3.35. The Morgan fingerprint density at radius 2 is 1.87 bits per heavy atom. The molecule has 9 nitrogen and oxygen atoms in total. The van der Waals surface area contributed by atoms with Gasteiger partial charge in [-0.15, -0.1) is 0 Å². The zero-order valence-electron chi connectivity index (χ0n) is 16.8. The molecule has 1 aliphatic heterocycles. The zero-order valence-corrected chi connectivity index (χ0v) is 17.5. The van der Waals surface area contributed by atoms with Crippen LogP contribution in [0.5, 0.6) is 0 Å². The van der Waals surface area contributed by atoms with Crippen molar-refractivity contribution in [3.63, 3.8) is 0 Å². The van der Waals surface area contributed by atoms with Crippen LogP contribution in [0, 0.1) is 10.1 Å². The number of hydrogen-bond acceptors (Lipinski definition) is 5. The Labute approximate surface area is 178 Å². The van der Waals surface area contributed by atoms with Gasteiger partial charge in [-0.25, -0.2) is 9.48 Å². The van der Waals surface area contributed by atoms with Crippen molar-refractivity contribution in [1.29, 1.82) is 0 Å². The second-order valence-electron chi connectivity index (χ2n) is 8.06. The Morgan fingerprint density at radius 1 is 1.20 bits per heavy atom. The number of amides is 1. The number of aromatic nitrogens is 3. The maximum atomic E-state index is 12.9. The van der Waals surface area contributed by atoms with E-state index >= 15 is 0 Å². The first kappa shape index (κ1) is 20.6. The highest BCUT2D eigenvalue weighted by molar-refractivity contribution is 6.31. The van der Waals surface area contributed by atoms with E-state index in [0.717, 1.165) is 31.5 Å². The first-order valence-corrected chi connectivity index (χ1v) is 10.6. The van der Waals surface area contributed by atoms with E-state index in [4.69, 9.17) is 11.6 Å². The maximum absolute atomic E-state index is 12.9. The van der Waals surface area contributed by atoms with Crippen molar-refractivity contribution in [3.8, 4) is 0 Å². The lowest BCUT2D eigenvalue weighted by Gasteiger charge is -2.32. The first-order chi connectivity index (χ1) is 14.4. The predicted octanol–water partition coefficient (Wildman–Crippen LogP) is 3.28. The number of nitro benzene ring substituents is 1. The summed E-state index contributed by atoms with van der Waals surface area (Å²) in [5.41, 5.74) is -0.317. The van der Waals surface area contributed by atoms with E-state index in [9.17, 15) is 19.7 Å². The molecule has 4 rings (SSSR count). The number of piperidine rings is 1. The zero-order chi connectivity index (χ0) is 21.4. The summed E-state index contributed by atoms with van der Waals surface area (Å²) < 4.78 is 3.26. The topological polar surface area (TPSA) is 103 Å². The van der Waals surface area contributed by atoms with Crippen LogP contribution in [0.1, 0.15) is 66.7 Å². The summed E-state index contributed by atoms with van der Waals surface area (Å²) in [4.78, 5) is 37.9. The van der Waals surface area contributed by atoms with Crippen molar-refractivity contribution in [3.05, 3.63) is 55.2 Å². The number of halogens is 1. The van der Waals surface area contributed by atoms with E-state index in [0.29, 0.717) is 25.9 Å². The number of rotatable bonds is 4. The molecule has 1 aromatic carbocycles. The van der Waals surface area contributed by atoms with Gasteiger partial charge in [0.05, 0.1) is 4.92 Å². The van der Waals surface area contributed by atoms with Crippen LogP contribution in [0.3, 0.4) is 0 Å². The molecule has 1 aliphatic carbocycles. The lowest BCUT2D eigenvalue weighted by molar-refractivity contribution is -0.385. The highest BCUT2D eigenvalue weighted by atomic mass is 35.5. The molecule has 30 heavy (non-hydrogen) atoms. The van der Waals surface area contributed by atoms with E-state index < -0.39 is 10.8 Å². The molecule has 0 N–H and O–H groups in total. The molecule has 10 heteroatoms. The monoisotopic (exact) mass is 433 g/mol. The summed E-state index contributed by atoms with van der Waals surface area (Å²) >= 11 is 5.97. The van der Waals surface area contributed by atoms with Crippen LogP contribution in [0.15, 0.2) is 23.0 Å². The highest BCUT2D eigenvalue weighted by Gasteiger charge is 2.33. The molecule has 1 saturated carbocycles. The minimum Gasteiger partial charge on any atom is -0.338 e. The van der Waals surface area contributed by atoms with Gasteiger partial charge < -0.3 is 4.90 Å². The van der Waals surface area contributed by atoms with E-state index in [-0.39, 0.29) is 33.9 Å². The quantitative estimate of drug-likeness (QED) is 0.543. The van der Waals surface area contributed by atoms with Crippen LogP contribution in [-0.2, 0) is 7.05 Å². The van der Waals surface area contributed by atoms with Crippen molar-refractivity contribution in [2.45, 2.75) is 50.5 Å². The second kappa shape index (κ2) is 8.22. The largest absolute Gasteiger partial charge is 0.345 e. The predicted molar refractivity (Wildman–Crippen MR) is 111 cm³/mol. The third kappa shape index (κ3) is 3.74. The Morgan fingerprint density at radius 3 is 2.50 bits per heavy atom. The Kier molecular flexibility index (Phi) is 5.64. The molecular weight excluding hydrogens is 410 g/mol. The molecule has 2 heterocycles. The van der Waals surface area contributed by atoms with Gasteiger partial charge in [0.15, 0.2) is 0 Å². The molecule has 1 amide bonds. The number of hydrogen-bond donors (Lipinski definition) is 0. The van der Waals surface area contributed by atoms with Crippen LogP contribution in [-0.4, -0.2) is 43.2 Å². The molecule has 160 valence electrons. The van der Waals surface area contributed by atoms with Crippen molar-refractivity contribution < 1.29 is 9.72 Å². The van der Waals surface area contributed by atoms with E-state index in [1.807, 2.05) is 4.57 Å². The number of benzene rings is 1. The van der Waals surface area contributed by atoms with Crippen molar-refractivity contribution in [2.24, 2.45) is 7.05 Å². The number of carbonyl (C=O) groups excluding carboxylic acids is 1. The molecule has 0 bridgehead atoms. The summed E-state index contributed by atoms with van der Waals surface area (Å²) in [5.74, 6) is 0.491. The SMILES string of the molecule is Cn1nc(C2CCN(C(=O)c3cc(Cl)ccc3[N+](=O)[O-])CC2)n(C2CCCC2)c1=O. The van der Waals surface area contributed by atoms with Gasteiger partial charge in [0.25, 0.3) is 11.6 Å². The van der Waals surface area contributed by atoms with Gasteiger partial charge in [-0.2, -0.15) is 5.10 Å². The summed E-state index contributed by atoms with van der Waals surface area (Å²) in [6, 6.07) is 4.22. The van der Waals surface area contributed by atoms with Gasteiger partial charge in [-0.1, -0.05) is 24.4 Å². The van der Waals surface area contributed by atoms with E-state index in [1.165, 1.54) is 22.9 Å². The smallest absolute Gasteiger partial charge is 0.338 e. The normalized spacial score (nSPS) is 18.1. The third-order valence-corrected chi connectivity index (χ3v) is 6.44. The van der Waals surface area contributed by atoms with Gasteiger partial charge in [-0.05, 0) is 37.8 Å². The maximum Gasteiger partial charge on any atom is 0.345 e. The Balaban J connectivity index is 1.52. The number of nitro groups is 1. The van der Waals surface area contributed by atoms with Gasteiger partial charge in [0, 0.05) is 43.2 Å². The van der Waals surface area contributed by atoms with Crippen molar-refractivity contribution in [1.82, 2.24) is 19.2 Å². The molecule has 0 spiro atoms. The second-order valence-corrected chi connectivity index (χ2v) is 8.49. The van der Waals surface area contributed by atoms with Crippen molar-refractivity contribution in [2.75, 3.05) is 13.1 Å². The Hall–Kier alpha value is -2.68. The van der Waals surface area contributed by atoms with Gasteiger partial charge >= 0.3 is 5.69 Å². The molecule has 1 aromatic heterocycles. The van der Waals surface area contributed by atoms with Gasteiger partial charge in [-0.3, -0.25) is 19.5 Å². The first-order valence-electron chi connectivity index (χ1n) is 10.3. The minimum absolute atomic E-state index is 0.00616. The molecular formula is C20H24ClN5O4. The fraction of sp³-hybridized carbons (Fsp3) is 0.550. The standard InChI is InChI=1S/C20H24ClN5O4/c1-23-20(28)25(15-4-2-3-5-15)18(22-23)13-8-10-24(11-9-13)19(27)16-12-14(21)6-7-17(16)26(29)30/h6-7,12-13,15H,2-5,8-11H2,1H3.